The van der Waals surface area contributed by atoms with Crippen molar-refractivity contribution < 1.29 is 9.59 Å². The van der Waals surface area contributed by atoms with Gasteiger partial charge in [0.2, 0.25) is 5.78 Å². The molecule has 1 fully saturated rings. The normalized spacial score (nSPS) is 17.5. The molecule has 22 heavy (non-hydrogen) atoms. The van der Waals surface area contributed by atoms with Crippen LogP contribution in [0, 0.1) is 5.92 Å². The summed E-state index contributed by atoms with van der Waals surface area (Å²) in [6.07, 6.45) is 6.72. The summed E-state index contributed by atoms with van der Waals surface area (Å²) < 4.78 is 0. The molecule has 6 nitrogen and oxygen atoms in total. The largest absolute Gasteiger partial charge is 0.340 e. The summed E-state index contributed by atoms with van der Waals surface area (Å²) in [5.74, 6) is 0.603. The van der Waals surface area contributed by atoms with Crippen molar-refractivity contribution in [3.8, 4) is 0 Å². The van der Waals surface area contributed by atoms with Crippen LogP contribution in [0.5, 0.6) is 0 Å². The summed E-state index contributed by atoms with van der Waals surface area (Å²) in [6, 6.07) is -0.691. The number of hydrogen-bond donors (Lipinski definition) is 2. The van der Waals surface area contributed by atoms with Crippen molar-refractivity contribution in [1.29, 1.82) is 0 Å². The Labute approximate surface area is 135 Å². The highest BCUT2D eigenvalue weighted by atomic mass is 32.2. The number of aromatic amines is 1. The number of aromatic nitrogens is 2. The predicted molar refractivity (Wildman–Crippen MR) is 86.5 cm³/mol. The van der Waals surface area contributed by atoms with Gasteiger partial charge >= 0.3 is 0 Å². The van der Waals surface area contributed by atoms with Gasteiger partial charge in [-0.25, -0.2) is 4.98 Å². The minimum atomic E-state index is -0.691. The van der Waals surface area contributed by atoms with Crippen LogP contribution in [0.15, 0.2) is 17.6 Å². The zero-order valence-electron chi connectivity index (χ0n) is 13.0. The number of likely N-dealkylation sites (tertiary alicyclic amines) is 1. The highest BCUT2D eigenvalue weighted by molar-refractivity contribution is 7.99. The molecule has 2 heterocycles. The van der Waals surface area contributed by atoms with Crippen LogP contribution in [-0.2, 0) is 9.59 Å². The average molecular weight is 324 g/mol. The molecule has 7 heteroatoms. The Morgan fingerprint density at radius 2 is 2.23 bits per heavy atom. The second-order valence-electron chi connectivity index (χ2n) is 5.83. The Bertz CT molecular complexity index is 484. The van der Waals surface area contributed by atoms with E-state index in [1.807, 2.05) is 0 Å². The minimum Gasteiger partial charge on any atom is -0.340 e. The van der Waals surface area contributed by atoms with Gasteiger partial charge in [-0.05, 0) is 31.6 Å². The number of carbonyl (C=O) groups excluding carboxylic acids is 2. The summed E-state index contributed by atoms with van der Waals surface area (Å²) in [4.78, 5) is 33.0. The molecule has 0 bridgehead atoms. The monoisotopic (exact) mass is 324 g/mol. The third-order valence-corrected chi connectivity index (χ3v) is 4.98. The first kappa shape index (κ1) is 17.0. The molecule has 1 aliphatic rings. The van der Waals surface area contributed by atoms with Crippen molar-refractivity contribution >= 4 is 23.5 Å². The molecule has 1 atom stereocenters. The first-order valence-electron chi connectivity index (χ1n) is 7.79. The number of nitrogens with two attached hydrogens (primary N) is 1. The lowest BCUT2D eigenvalue weighted by Crippen LogP contribution is -2.47. The van der Waals surface area contributed by atoms with Gasteiger partial charge in [0, 0.05) is 31.2 Å². The van der Waals surface area contributed by atoms with Crippen LogP contribution < -0.4 is 5.73 Å². The molecule has 0 radical (unpaired) electrons. The standard InChI is InChI=1S/C15H24N4O2S/c1-11-4-8-19(9-5-11)14(21)13(20)12(16)3-2-10-22-15-17-6-7-18-15/h6-7,11-12H,2-5,8-10,16H2,1H3,(H,17,18). The molecule has 0 aromatic carbocycles. The van der Waals surface area contributed by atoms with E-state index >= 15 is 0 Å². The highest BCUT2D eigenvalue weighted by Gasteiger charge is 2.28. The number of piperidine rings is 1. The van der Waals surface area contributed by atoms with Gasteiger partial charge in [0.25, 0.3) is 5.91 Å². The molecule has 1 aliphatic heterocycles. The maximum Gasteiger partial charge on any atom is 0.291 e. The van der Waals surface area contributed by atoms with Crippen molar-refractivity contribution in [3.63, 3.8) is 0 Å². The SMILES string of the molecule is CC1CCN(C(=O)C(=O)C(N)CCCSc2ncc[nH]2)CC1. The van der Waals surface area contributed by atoms with E-state index < -0.39 is 17.7 Å². The number of thioether (sulfide) groups is 1. The molecule has 1 unspecified atom stereocenters. The van der Waals surface area contributed by atoms with Crippen LogP contribution in [0.25, 0.3) is 0 Å². The summed E-state index contributed by atoms with van der Waals surface area (Å²) in [6.45, 7) is 3.52. The van der Waals surface area contributed by atoms with E-state index in [1.165, 1.54) is 0 Å². The van der Waals surface area contributed by atoms with Crippen LogP contribution in [0.3, 0.4) is 0 Å². The number of H-pyrrole nitrogens is 1. The number of carbonyl (C=O) groups is 2. The Hall–Kier alpha value is -1.34. The van der Waals surface area contributed by atoms with Crippen molar-refractivity contribution in [1.82, 2.24) is 14.9 Å². The van der Waals surface area contributed by atoms with Crippen molar-refractivity contribution in [2.45, 2.75) is 43.8 Å². The van der Waals surface area contributed by atoms with Gasteiger partial charge in [0.05, 0.1) is 6.04 Å². The fourth-order valence-electron chi connectivity index (χ4n) is 2.46. The highest BCUT2D eigenvalue weighted by Crippen LogP contribution is 2.17. The molecule has 3 N–H and O–H groups in total. The maximum absolute atomic E-state index is 12.1. The molecule has 0 aliphatic carbocycles. The summed E-state index contributed by atoms with van der Waals surface area (Å²) in [5, 5.41) is 0.860. The van der Waals surface area contributed by atoms with E-state index in [0.717, 1.165) is 30.2 Å². The molecule has 122 valence electrons. The number of Topliss-reactive ketones (excluding diaryl/α,β-unsaturated/α-hetero) is 1. The van der Waals surface area contributed by atoms with Crippen LogP contribution >= 0.6 is 11.8 Å². The summed E-state index contributed by atoms with van der Waals surface area (Å²) in [5.41, 5.74) is 5.88. The molecule has 2 rings (SSSR count). The quantitative estimate of drug-likeness (QED) is 0.450. The predicted octanol–water partition coefficient (Wildman–Crippen LogP) is 1.44. The van der Waals surface area contributed by atoms with E-state index in [0.29, 0.717) is 25.4 Å². The minimum absolute atomic E-state index is 0.405. The maximum atomic E-state index is 12.1. The molecule has 0 spiro atoms. The number of nitrogens with one attached hydrogen (secondary N) is 1. The zero-order chi connectivity index (χ0) is 15.9. The number of rotatable bonds is 7. The molecule has 1 amide bonds. The van der Waals surface area contributed by atoms with Gasteiger partial charge in [-0.2, -0.15) is 0 Å². The number of hydrogen-bond acceptors (Lipinski definition) is 5. The Morgan fingerprint density at radius 3 is 2.86 bits per heavy atom. The van der Waals surface area contributed by atoms with Crippen LogP contribution in [0.1, 0.15) is 32.6 Å². The Morgan fingerprint density at radius 1 is 1.50 bits per heavy atom. The van der Waals surface area contributed by atoms with E-state index in [-0.39, 0.29) is 0 Å². The number of imidazole rings is 1. The Balaban J connectivity index is 1.68. The van der Waals surface area contributed by atoms with Gasteiger partial charge < -0.3 is 15.6 Å². The van der Waals surface area contributed by atoms with E-state index in [1.54, 1.807) is 29.1 Å². The van der Waals surface area contributed by atoms with Gasteiger partial charge in [-0.3, -0.25) is 9.59 Å². The van der Waals surface area contributed by atoms with Gasteiger partial charge in [0.1, 0.15) is 0 Å². The third kappa shape index (κ3) is 4.84. The fraction of sp³-hybridized carbons (Fsp3) is 0.667. The van der Waals surface area contributed by atoms with Gasteiger partial charge in [-0.15, -0.1) is 0 Å². The zero-order valence-corrected chi connectivity index (χ0v) is 13.8. The van der Waals surface area contributed by atoms with E-state index in [9.17, 15) is 9.59 Å². The van der Waals surface area contributed by atoms with Crippen LogP contribution in [-0.4, -0.2) is 51.4 Å². The molecular formula is C15H24N4O2S. The van der Waals surface area contributed by atoms with E-state index in [2.05, 4.69) is 16.9 Å². The molecule has 1 aromatic heterocycles. The summed E-state index contributed by atoms with van der Waals surface area (Å²) >= 11 is 1.59. The first-order chi connectivity index (χ1) is 10.6. The van der Waals surface area contributed by atoms with Crippen molar-refractivity contribution in [3.05, 3.63) is 12.4 Å². The topological polar surface area (TPSA) is 92.1 Å². The lowest BCUT2D eigenvalue weighted by atomic mass is 9.98. The second kappa shape index (κ2) is 8.33. The number of nitrogens with zero attached hydrogens (tertiary/aromatic N) is 2. The first-order valence-corrected chi connectivity index (χ1v) is 8.77. The third-order valence-electron chi connectivity index (χ3n) is 3.99. The summed E-state index contributed by atoms with van der Waals surface area (Å²) in [7, 11) is 0. The van der Waals surface area contributed by atoms with Gasteiger partial charge in [-0.1, -0.05) is 18.7 Å². The lowest BCUT2D eigenvalue weighted by molar-refractivity contribution is -0.146. The number of amides is 1. The molecule has 1 saturated heterocycles. The van der Waals surface area contributed by atoms with Crippen molar-refractivity contribution in [2.24, 2.45) is 11.7 Å². The smallest absolute Gasteiger partial charge is 0.291 e. The number of ketones is 1. The molecular weight excluding hydrogens is 300 g/mol. The fourth-order valence-corrected chi connectivity index (χ4v) is 3.25. The van der Waals surface area contributed by atoms with Gasteiger partial charge in [0.15, 0.2) is 5.16 Å². The van der Waals surface area contributed by atoms with Crippen LogP contribution in [0.2, 0.25) is 0 Å². The second-order valence-corrected chi connectivity index (χ2v) is 6.91. The molecule has 1 aromatic rings. The van der Waals surface area contributed by atoms with E-state index in [4.69, 9.17) is 5.73 Å². The van der Waals surface area contributed by atoms with Crippen molar-refractivity contribution in [2.75, 3.05) is 18.8 Å². The lowest BCUT2D eigenvalue weighted by Gasteiger charge is -2.30. The van der Waals surface area contributed by atoms with Crippen LogP contribution in [0.4, 0.5) is 0 Å². The molecule has 0 saturated carbocycles. The average Bonchev–Trinajstić information content (AvgIpc) is 3.04. The Kier molecular flexibility index (Phi) is 6.45.